The van der Waals surface area contributed by atoms with E-state index in [1.165, 1.54) is 47.7 Å². The van der Waals surface area contributed by atoms with E-state index in [1.807, 2.05) is 30.3 Å². The second-order valence-corrected chi connectivity index (χ2v) is 14.0. The summed E-state index contributed by atoms with van der Waals surface area (Å²) >= 11 is 0. The van der Waals surface area contributed by atoms with Gasteiger partial charge in [-0.2, -0.15) is 9.03 Å². The molecule has 54 heavy (non-hydrogen) atoms. The molecule has 0 atom stereocenters. The lowest BCUT2D eigenvalue weighted by Crippen LogP contribution is -2.26. The highest BCUT2D eigenvalue weighted by Crippen LogP contribution is 2.35. The molecule has 0 amide bonds. The van der Waals surface area contributed by atoms with Crippen molar-refractivity contribution in [2.24, 2.45) is 0 Å². The van der Waals surface area contributed by atoms with Gasteiger partial charge >= 0.3 is 0 Å². The molecule has 2 aromatic carbocycles. The third kappa shape index (κ3) is 6.81. The Kier molecular flexibility index (Phi) is 9.05. The summed E-state index contributed by atoms with van der Waals surface area (Å²) in [7, 11) is 0. The fraction of sp³-hybridized carbons (Fsp3) is 0.268. The third-order valence-electron chi connectivity index (χ3n) is 10.4. The first-order chi connectivity index (χ1) is 26.6. The van der Waals surface area contributed by atoms with Crippen molar-refractivity contribution in [1.82, 2.24) is 44.5 Å². The lowest BCUT2D eigenvalue weighted by Gasteiger charge is -2.23. The molecule has 6 aromatic heterocycles. The van der Waals surface area contributed by atoms with Crippen molar-refractivity contribution in [3.63, 3.8) is 0 Å². The van der Waals surface area contributed by atoms with E-state index in [0.717, 1.165) is 48.4 Å². The Balaban J connectivity index is 0.000000142. The number of nitrogens with one attached hydrogen (secondary N) is 1. The van der Waals surface area contributed by atoms with Crippen LogP contribution in [0.5, 0.6) is 0 Å². The van der Waals surface area contributed by atoms with Crippen molar-refractivity contribution in [1.29, 1.82) is 0 Å². The van der Waals surface area contributed by atoms with Crippen LogP contribution in [0, 0.1) is 0 Å². The Hall–Kier alpha value is -6.34. The van der Waals surface area contributed by atoms with Crippen molar-refractivity contribution >= 4 is 23.2 Å². The minimum Gasteiger partial charge on any atom is -0.461 e. The van der Waals surface area contributed by atoms with Gasteiger partial charge in [-0.05, 0) is 98.1 Å². The van der Waals surface area contributed by atoms with E-state index in [-0.39, 0.29) is 0 Å². The Morgan fingerprint density at radius 2 is 1.06 bits per heavy atom. The highest BCUT2D eigenvalue weighted by molar-refractivity contribution is 5.68. The molecule has 0 spiro atoms. The number of fused-ring (bicyclic) bond motifs is 2. The number of hydrogen-bond donors (Lipinski definition) is 3. The van der Waals surface area contributed by atoms with Crippen molar-refractivity contribution in [3.05, 3.63) is 109 Å². The van der Waals surface area contributed by atoms with Crippen LogP contribution in [0.3, 0.4) is 0 Å². The van der Waals surface area contributed by atoms with Gasteiger partial charge in [0.15, 0.2) is 22.8 Å². The van der Waals surface area contributed by atoms with E-state index in [9.17, 15) is 0 Å². The van der Waals surface area contributed by atoms with Crippen molar-refractivity contribution in [2.75, 3.05) is 24.6 Å². The second-order valence-electron chi connectivity index (χ2n) is 14.0. The van der Waals surface area contributed by atoms with Crippen molar-refractivity contribution < 1.29 is 8.83 Å². The van der Waals surface area contributed by atoms with Gasteiger partial charge in [0, 0.05) is 23.3 Å². The number of anilines is 2. The quantitative estimate of drug-likeness (QED) is 0.153. The molecule has 0 radical (unpaired) electrons. The fourth-order valence-corrected chi connectivity index (χ4v) is 7.63. The van der Waals surface area contributed by atoms with Crippen molar-refractivity contribution in [2.45, 2.75) is 56.8 Å². The number of hydrogen-bond acceptors (Lipinski definition) is 11. The number of benzene rings is 2. The maximum Gasteiger partial charge on any atom is 0.223 e. The average molecular weight is 720 g/mol. The number of furan rings is 2. The largest absolute Gasteiger partial charge is 0.461 e. The molecule has 272 valence electrons. The maximum absolute atomic E-state index is 6.16. The van der Waals surface area contributed by atoms with E-state index in [2.05, 4.69) is 84.0 Å². The Morgan fingerprint density at radius 1 is 0.556 bits per heavy atom. The summed E-state index contributed by atoms with van der Waals surface area (Å²) in [5.41, 5.74) is 20.1. The zero-order valence-electron chi connectivity index (χ0n) is 29.8. The average Bonchev–Trinajstić information content (AvgIpc) is 4.06. The summed E-state index contributed by atoms with van der Waals surface area (Å²) in [5.74, 6) is 4.07. The summed E-state index contributed by atoms with van der Waals surface area (Å²) in [6.07, 6.45) is 12.1. The van der Waals surface area contributed by atoms with E-state index in [4.69, 9.17) is 20.3 Å². The second kappa shape index (κ2) is 14.6. The fourth-order valence-electron chi connectivity index (χ4n) is 7.63. The van der Waals surface area contributed by atoms with Crippen LogP contribution < -0.4 is 16.8 Å². The topological polar surface area (TPSA) is 177 Å². The standard InChI is InChI=1S/C21H21N5O.C20H20N6O/c22-21-23-17(13-19-24-20(25-26(19)21)18-10-5-11-27-18)16-9-4-8-15(12-16)14-6-2-1-3-7-14;21-20-23-16(12-18-24-19(25-26(18)20)17-5-2-10-27-17)15-4-1-3-14(11-15)13-6-8-22-9-7-13/h4-5,8-14H,1-3,6-7H2,(H2,22,23);1-5,10-13,22H,6-9H2,(H2,21,23). The molecule has 2 fully saturated rings. The van der Waals surface area contributed by atoms with Gasteiger partial charge in [-0.15, -0.1) is 10.2 Å². The van der Waals surface area contributed by atoms with Gasteiger partial charge in [-0.3, -0.25) is 0 Å². The molecule has 0 unspecified atom stereocenters. The van der Waals surface area contributed by atoms with Crippen LogP contribution in [0.2, 0.25) is 0 Å². The number of piperidine rings is 1. The zero-order valence-corrected chi connectivity index (χ0v) is 29.8. The highest BCUT2D eigenvalue weighted by atomic mass is 16.3. The molecule has 13 heteroatoms. The molecule has 5 N–H and O–H groups in total. The normalized spacial score (nSPS) is 15.4. The summed E-state index contributed by atoms with van der Waals surface area (Å²) in [6, 6.07) is 28.3. The van der Waals surface area contributed by atoms with Crippen LogP contribution in [0.25, 0.3) is 57.0 Å². The maximum atomic E-state index is 6.16. The van der Waals surface area contributed by atoms with Gasteiger partial charge in [-0.1, -0.05) is 55.7 Å². The van der Waals surface area contributed by atoms with Gasteiger partial charge in [0.1, 0.15) is 0 Å². The summed E-state index contributed by atoms with van der Waals surface area (Å²) in [6.45, 7) is 2.14. The molecular weight excluding hydrogens is 679 g/mol. The molecule has 10 rings (SSSR count). The first kappa shape index (κ1) is 33.5. The van der Waals surface area contributed by atoms with Crippen LogP contribution in [-0.2, 0) is 0 Å². The van der Waals surface area contributed by atoms with Crippen LogP contribution in [0.4, 0.5) is 11.9 Å². The van der Waals surface area contributed by atoms with Crippen LogP contribution in [0.15, 0.2) is 106 Å². The monoisotopic (exact) mass is 719 g/mol. The number of nitrogens with zero attached hydrogens (tertiary/aromatic N) is 8. The van der Waals surface area contributed by atoms with Crippen LogP contribution >= 0.6 is 0 Å². The molecule has 0 bridgehead atoms. The minimum absolute atomic E-state index is 0.306. The summed E-state index contributed by atoms with van der Waals surface area (Å²) in [4.78, 5) is 18.2. The first-order valence-electron chi connectivity index (χ1n) is 18.6. The van der Waals surface area contributed by atoms with Gasteiger partial charge in [-0.25, -0.2) is 19.9 Å². The number of aromatic nitrogens is 8. The molecule has 1 aliphatic carbocycles. The molecule has 13 nitrogen and oxygen atoms in total. The van der Waals surface area contributed by atoms with Gasteiger partial charge in [0.05, 0.1) is 23.9 Å². The number of nitrogen functional groups attached to an aromatic ring is 2. The van der Waals surface area contributed by atoms with Crippen LogP contribution in [0.1, 0.15) is 67.9 Å². The molecule has 7 heterocycles. The van der Waals surface area contributed by atoms with Gasteiger partial charge < -0.3 is 25.6 Å². The third-order valence-corrected chi connectivity index (χ3v) is 10.4. The number of nitrogens with two attached hydrogens (primary N) is 2. The van der Waals surface area contributed by atoms with E-state index in [0.29, 0.717) is 58.2 Å². The smallest absolute Gasteiger partial charge is 0.223 e. The highest BCUT2D eigenvalue weighted by Gasteiger charge is 2.19. The molecular formula is C41H41N11O2. The first-order valence-corrected chi connectivity index (χ1v) is 18.6. The van der Waals surface area contributed by atoms with Crippen molar-refractivity contribution in [3.8, 4) is 45.7 Å². The Bertz CT molecular complexity index is 2330. The SMILES string of the molecule is Nc1nc(-c2cccc(C3CCCCC3)c2)cc2nc(-c3ccco3)nn12.Nc1nc(-c2cccc(C3CCNCC3)c2)cc2nc(-c3ccco3)nn12. The number of rotatable bonds is 6. The molecule has 1 aliphatic heterocycles. The predicted molar refractivity (Wildman–Crippen MR) is 207 cm³/mol. The summed E-state index contributed by atoms with van der Waals surface area (Å²) in [5, 5.41) is 12.2. The Morgan fingerprint density at radius 3 is 1.54 bits per heavy atom. The zero-order chi connectivity index (χ0) is 36.4. The van der Waals surface area contributed by atoms with Gasteiger partial charge in [0.25, 0.3) is 0 Å². The Labute approximate surface area is 311 Å². The molecule has 1 saturated carbocycles. The van der Waals surface area contributed by atoms with E-state index in [1.54, 1.807) is 23.1 Å². The predicted octanol–water partition coefficient (Wildman–Crippen LogP) is 7.78. The lowest BCUT2D eigenvalue weighted by molar-refractivity contribution is 0.443. The molecule has 2 aliphatic rings. The minimum atomic E-state index is 0.306. The summed E-state index contributed by atoms with van der Waals surface area (Å²) < 4.78 is 13.9. The van der Waals surface area contributed by atoms with E-state index < -0.39 is 0 Å². The van der Waals surface area contributed by atoms with E-state index >= 15 is 0 Å². The van der Waals surface area contributed by atoms with Crippen LogP contribution in [-0.4, -0.2) is 52.3 Å². The van der Waals surface area contributed by atoms with Gasteiger partial charge in [0.2, 0.25) is 23.5 Å². The molecule has 8 aromatic rings. The lowest BCUT2D eigenvalue weighted by atomic mass is 9.83. The molecule has 1 saturated heterocycles.